The van der Waals surface area contributed by atoms with E-state index in [1.807, 2.05) is 0 Å². The quantitative estimate of drug-likeness (QED) is 0.772. The van der Waals surface area contributed by atoms with E-state index in [0.29, 0.717) is 18.9 Å². The smallest absolute Gasteiger partial charge is 0.275 e. The molecule has 0 atom stereocenters. The molecule has 1 aromatic heterocycles. The van der Waals surface area contributed by atoms with Crippen LogP contribution in [0, 0.1) is 12.7 Å². The lowest BCUT2D eigenvalue weighted by atomic mass is 10.2. The van der Waals surface area contributed by atoms with Gasteiger partial charge in [0.1, 0.15) is 11.6 Å². The Balaban J connectivity index is 2.30. The van der Waals surface area contributed by atoms with Crippen LogP contribution < -0.4 is 5.69 Å². The second kappa shape index (κ2) is 5.00. The summed E-state index contributed by atoms with van der Waals surface area (Å²) in [5.41, 5.74) is 0.651. The van der Waals surface area contributed by atoms with E-state index < -0.39 is 0 Å². The lowest BCUT2D eigenvalue weighted by molar-refractivity contribution is 0.619. The van der Waals surface area contributed by atoms with Crippen LogP contribution in [0.1, 0.15) is 11.4 Å². The summed E-state index contributed by atoms with van der Waals surface area (Å²) in [6.45, 7) is 6.15. The maximum atomic E-state index is 12.8. The summed E-state index contributed by atoms with van der Waals surface area (Å²) in [6.07, 6.45) is 1.65. The maximum absolute atomic E-state index is 12.8. The molecule has 0 amide bonds. The van der Waals surface area contributed by atoms with E-state index in [1.54, 1.807) is 25.1 Å². The monoisotopic (exact) mass is 247 g/mol. The summed E-state index contributed by atoms with van der Waals surface area (Å²) in [5.74, 6) is 0.349. The van der Waals surface area contributed by atoms with Crippen LogP contribution in [0.2, 0.25) is 0 Å². The molecule has 18 heavy (non-hydrogen) atoms. The van der Waals surface area contributed by atoms with Gasteiger partial charge in [-0.25, -0.2) is 13.9 Å². The van der Waals surface area contributed by atoms with Crippen LogP contribution in [-0.4, -0.2) is 14.3 Å². The third-order valence-electron chi connectivity index (χ3n) is 2.67. The third-order valence-corrected chi connectivity index (χ3v) is 2.67. The molecule has 1 aromatic carbocycles. The molecule has 5 heteroatoms. The predicted molar refractivity (Wildman–Crippen MR) is 66.9 cm³/mol. The SMILES string of the molecule is C=CCn1c(C)nn(Cc2ccc(F)cc2)c1=O. The summed E-state index contributed by atoms with van der Waals surface area (Å²) in [5, 5.41) is 4.17. The van der Waals surface area contributed by atoms with E-state index in [9.17, 15) is 9.18 Å². The van der Waals surface area contributed by atoms with E-state index >= 15 is 0 Å². The number of allylic oxidation sites excluding steroid dienone is 1. The van der Waals surface area contributed by atoms with Crippen molar-refractivity contribution in [2.45, 2.75) is 20.0 Å². The van der Waals surface area contributed by atoms with Crippen molar-refractivity contribution in [1.29, 1.82) is 0 Å². The van der Waals surface area contributed by atoms with Gasteiger partial charge in [-0.05, 0) is 24.6 Å². The van der Waals surface area contributed by atoms with Crippen LogP contribution in [-0.2, 0) is 13.1 Å². The van der Waals surface area contributed by atoms with E-state index in [1.165, 1.54) is 21.4 Å². The van der Waals surface area contributed by atoms with Crippen molar-refractivity contribution in [2.24, 2.45) is 0 Å². The van der Waals surface area contributed by atoms with Gasteiger partial charge in [-0.3, -0.25) is 4.57 Å². The molecule has 0 fully saturated rings. The normalized spacial score (nSPS) is 10.6. The number of halogens is 1. The molecule has 0 bridgehead atoms. The van der Waals surface area contributed by atoms with Crippen molar-refractivity contribution in [3.8, 4) is 0 Å². The van der Waals surface area contributed by atoms with E-state index in [0.717, 1.165) is 5.56 Å². The number of hydrogen-bond donors (Lipinski definition) is 0. The lowest BCUT2D eigenvalue weighted by Gasteiger charge is -2.00. The van der Waals surface area contributed by atoms with Crippen molar-refractivity contribution in [3.63, 3.8) is 0 Å². The standard InChI is InChI=1S/C13H14FN3O/c1-3-8-16-10(2)15-17(13(16)18)9-11-4-6-12(14)7-5-11/h3-7H,1,8-9H2,2H3. The zero-order valence-electron chi connectivity index (χ0n) is 10.1. The third kappa shape index (κ3) is 2.40. The fourth-order valence-electron chi connectivity index (χ4n) is 1.75. The number of rotatable bonds is 4. The molecule has 0 saturated heterocycles. The van der Waals surface area contributed by atoms with Gasteiger partial charge in [0, 0.05) is 6.54 Å². The zero-order chi connectivity index (χ0) is 13.1. The molecule has 0 spiro atoms. The second-order valence-corrected chi connectivity index (χ2v) is 4.01. The van der Waals surface area contributed by atoms with Gasteiger partial charge in [0.2, 0.25) is 0 Å². The molecule has 0 radical (unpaired) electrons. The molecule has 1 heterocycles. The molecule has 0 unspecified atom stereocenters. The van der Waals surface area contributed by atoms with Gasteiger partial charge in [0.05, 0.1) is 6.54 Å². The molecular weight excluding hydrogens is 233 g/mol. The highest BCUT2D eigenvalue weighted by molar-refractivity contribution is 5.16. The average molecular weight is 247 g/mol. The second-order valence-electron chi connectivity index (χ2n) is 4.01. The predicted octanol–water partition coefficient (Wildman–Crippen LogP) is 1.73. The minimum absolute atomic E-state index is 0.184. The van der Waals surface area contributed by atoms with E-state index in [4.69, 9.17) is 0 Å². The summed E-state index contributed by atoms with van der Waals surface area (Å²) < 4.78 is 15.7. The first-order chi connectivity index (χ1) is 8.61. The molecule has 2 aromatic rings. The molecule has 0 N–H and O–H groups in total. The van der Waals surface area contributed by atoms with Crippen LogP contribution in [0.15, 0.2) is 41.7 Å². The van der Waals surface area contributed by atoms with Crippen molar-refractivity contribution in [1.82, 2.24) is 14.3 Å². The highest BCUT2D eigenvalue weighted by atomic mass is 19.1. The average Bonchev–Trinajstić information content (AvgIpc) is 2.60. The highest BCUT2D eigenvalue weighted by Gasteiger charge is 2.08. The Kier molecular flexibility index (Phi) is 3.41. The molecule has 2 rings (SSSR count). The Morgan fingerprint density at radius 3 is 2.67 bits per heavy atom. The van der Waals surface area contributed by atoms with Crippen molar-refractivity contribution in [3.05, 3.63) is 64.6 Å². The summed E-state index contributed by atoms with van der Waals surface area (Å²) in [4.78, 5) is 12.0. The number of hydrogen-bond acceptors (Lipinski definition) is 2. The first kappa shape index (κ1) is 12.3. The Hall–Kier alpha value is -2.17. The fraction of sp³-hybridized carbons (Fsp3) is 0.231. The Morgan fingerprint density at radius 1 is 1.39 bits per heavy atom. The number of nitrogens with zero attached hydrogens (tertiary/aromatic N) is 3. The van der Waals surface area contributed by atoms with Crippen LogP contribution in [0.5, 0.6) is 0 Å². The molecule has 0 aliphatic rings. The minimum Gasteiger partial charge on any atom is -0.275 e. The Bertz CT molecular complexity index is 610. The first-order valence-corrected chi connectivity index (χ1v) is 5.61. The van der Waals surface area contributed by atoms with E-state index in [2.05, 4.69) is 11.7 Å². The van der Waals surface area contributed by atoms with Crippen molar-refractivity contribution in [2.75, 3.05) is 0 Å². The summed E-state index contributed by atoms with van der Waals surface area (Å²) >= 11 is 0. The first-order valence-electron chi connectivity index (χ1n) is 5.61. The van der Waals surface area contributed by atoms with Gasteiger partial charge in [-0.15, -0.1) is 6.58 Å². The summed E-state index contributed by atoms with van der Waals surface area (Å²) in [6, 6.07) is 6.02. The number of benzene rings is 1. The molecule has 4 nitrogen and oxygen atoms in total. The molecule has 0 aliphatic carbocycles. The molecule has 94 valence electrons. The van der Waals surface area contributed by atoms with Crippen LogP contribution in [0.25, 0.3) is 0 Å². The molecular formula is C13H14FN3O. The van der Waals surface area contributed by atoms with Gasteiger partial charge < -0.3 is 0 Å². The zero-order valence-corrected chi connectivity index (χ0v) is 10.1. The van der Waals surface area contributed by atoms with Gasteiger partial charge in [0.15, 0.2) is 0 Å². The molecule has 0 saturated carbocycles. The highest BCUT2D eigenvalue weighted by Crippen LogP contribution is 2.04. The maximum Gasteiger partial charge on any atom is 0.346 e. The Morgan fingerprint density at radius 2 is 2.06 bits per heavy atom. The summed E-state index contributed by atoms with van der Waals surface area (Å²) in [7, 11) is 0. The van der Waals surface area contributed by atoms with Gasteiger partial charge in [0.25, 0.3) is 0 Å². The van der Waals surface area contributed by atoms with Crippen molar-refractivity contribution >= 4 is 0 Å². The van der Waals surface area contributed by atoms with Gasteiger partial charge >= 0.3 is 5.69 Å². The topological polar surface area (TPSA) is 39.8 Å². The molecule has 0 aliphatic heterocycles. The van der Waals surface area contributed by atoms with Gasteiger partial charge in [-0.2, -0.15) is 5.10 Å². The van der Waals surface area contributed by atoms with Gasteiger partial charge in [-0.1, -0.05) is 18.2 Å². The largest absolute Gasteiger partial charge is 0.346 e. The number of aryl methyl sites for hydroxylation is 1. The minimum atomic E-state index is -0.292. The number of aromatic nitrogens is 3. The van der Waals surface area contributed by atoms with Crippen LogP contribution in [0.4, 0.5) is 4.39 Å². The van der Waals surface area contributed by atoms with E-state index in [-0.39, 0.29) is 11.5 Å². The van der Waals surface area contributed by atoms with Crippen molar-refractivity contribution < 1.29 is 4.39 Å². The Labute approximate surface area is 104 Å². The fourth-order valence-corrected chi connectivity index (χ4v) is 1.75. The van der Waals surface area contributed by atoms with Crippen LogP contribution >= 0.6 is 0 Å². The van der Waals surface area contributed by atoms with Crippen LogP contribution in [0.3, 0.4) is 0 Å². The lowest BCUT2D eigenvalue weighted by Crippen LogP contribution is -2.25.